The van der Waals surface area contributed by atoms with Gasteiger partial charge in [-0.1, -0.05) is 23.7 Å². The fourth-order valence-electron chi connectivity index (χ4n) is 1.21. The molecule has 0 saturated heterocycles. The first kappa shape index (κ1) is 14.7. The highest BCUT2D eigenvalue weighted by Crippen LogP contribution is 2.10. The zero-order chi connectivity index (χ0) is 13.4. The summed E-state index contributed by atoms with van der Waals surface area (Å²) in [5.41, 5.74) is 0.898. The van der Waals surface area contributed by atoms with E-state index in [0.717, 1.165) is 5.56 Å². The van der Waals surface area contributed by atoms with Gasteiger partial charge in [-0.05, 0) is 37.6 Å². The Labute approximate surface area is 112 Å². The minimum atomic E-state index is -0.377. The normalized spacial score (nSPS) is 11.1. The van der Waals surface area contributed by atoms with Crippen molar-refractivity contribution in [3.63, 3.8) is 0 Å². The number of ether oxygens (including phenoxy) is 2. The number of halogens is 1. The van der Waals surface area contributed by atoms with E-state index in [9.17, 15) is 4.79 Å². The molecule has 0 aliphatic rings. The fraction of sp³-hybridized carbons (Fsp3) is 0.357. The summed E-state index contributed by atoms with van der Waals surface area (Å²) in [6.45, 7) is 4.55. The molecule has 1 rings (SSSR count). The molecule has 18 heavy (non-hydrogen) atoms. The maximum absolute atomic E-state index is 11.3. The third-order valence-corrected chi connectivity index (χ3v) is 2.31. The maximum atomic E-state index is 11.3. The molecule has 0 aliphatic carbocycles. The molecule has 0 unspecified atom stereocenters. The molecule has 4 heteroatoms. The van der Waals surface area contributed by atoms with Crippen LogP contribution in [0, 0.1) is 0 Å². The quantitative estimate of drug-likeness (QED) is 0.451. The number of esters is 1. The molecule has 0 atom stereocenters. The molecule has 0 saturated carbocycles. The van der Waals surface area contributed by atoms with E-state index in [1.165, 1.54) is 6.08 Å². The second-order valence-electron chi connectivity index (χ2n) is 3.97. The summed E-state index contributed by atoms with van der Waals surface area (Å²) in [4.78, 5) is 11.3. The molecule has 0 bridgehead atoms. The predicted octanol–water partition coefficient (Wildman–Crippen LogP) is 3.32. The molecule has 98 valence electrons. The molecule has 0 fully saturated rings. The van der Waals surface area contributed by atoms with Gasteiger partial charge >= 0.3 is 5.97 Å². The Hall–Kier alpha value is -1.32. The topological polar surface area (TPSA) is 35.5 Å². The van der Waals surface area contributed by atoms with Gasteiger partial charge in [0.2, 0.25) is 0 Å². The zero-order valence-corrected chi connectivity index (χ0v) is 11.3. The van der Waals surface area contributed by atoms with Crippen LogP contribution in [-0.2, 0) is 14.3 Å². The van der Waals surface area contributed by atoms with Crippen LogP contribution < -0.4 is 0 Å². The standard InChI is InChI=1S/C14H17ClO3/c1-11(2)17-9-10-18-14(16)8-5-12-3-6-13(15)7-4-12/h3-8,11H,9-10H2,1-2H3. The average molecular weight is 269 g/mol. The van der Waals surface area contributed by atoms with Crippen LogP contribution in [0.3, 0.4) is 0 Å². The van der Waals surface area contributed by atoms with E-state index >= 15 is 0 Å². The number of carbonyl (C=O) groups excluding carboxylic acids is 1. The van der Waals surface area contributed by atoms with Gasteiger partial charge in [0.15, 0.2) is 0 Å². The van der Waals surface area contributed by atoms with E-state index in [2.05, 4.69) is 0 Å². The summed E-state index contributed by atoms with van der Waals surface area (Å²) < 4.78 is 10.2. The number of benzene rings is 1. The number of hydrogen-bond donors (Lipinski definition) is 0. The van der Waals surface area contributed by atoms with Crippen molar-refractivity contribution in [2.45, 2.75) is 20.0 Å². The number of carbonyl (C=O) groups is 1. The van der Waals surface area contributed by atoms with Crippen LogP contribution in [0.25, 0.3) is 6.08 Å². The molecule has 0 spiro atoms. The van der Waals surface area contributed by atoms with Gasteiger partial charge in [-0.2, -0.15) is 0 Å². The van der Waals surface area contributed by atoms with Gasteiger partial charge < -0.3 is 9.47 Å². The predicted molar refractivity (Wildman–Crippen MR) is 72.5 cm³/mol. The lowest BCUT2D eigenvalue weighted by atomic mass is 10.2. The second kappa shape index (κ2) is 7.90. The molecular weight excluding hydrogens is 252 g/mol. The fourth-order valence-corrected chi connectivity index (χ4v) is 1.34. The van der Waals surface area contributed by atoms with Gasteiger partial charge in [-0.3, -0.25) is 0 Å². The van der Waals surface area contributed by atoms with Crippen LogP contribution >= 0.6 is 11.6 Å². The summed E-state index contributed by atoms with van der Waals surface area (Å²) in [5, 5.41) is 0.667. The van der Waals surface area contributed by atoms with Crippen LogP contribution in [-0.4, -0.2) is 25.3 Å². The van der Waals surface area contributed by atoms with Crippen LogP contribution in [0.5, 0.6) is 0 Å². The zero-order valence-electron chi connectivity index (χ0n) is 10.6. The summed E-state index contributed by atoms with van der Waals surface area (Å²) in [7, 11) is 0. The Balaban J connectivity index is 2.29. The first-order chi connectivity index (χ1) is 8.58. The van der Waals surface area contributed by atoms with Crippen molar-refractivity contribution < 1.29 is 14.3 Å². The second-order valence-corrected chi connectivity index (χ2v) is 4.41. The molecule has 0 aromatic heterocycles. The molecule has 0 amide bonds. The number of hydrogen-bond acceptors (Lipinski definition) is 3. The summed E-state index contributed by atoms with van der Waals surface area (Å²) >= 11 is 5.75. The first-order valence-corrected chi connectivity index (χ1v) is 6.17. The Bertz CT molecular complexity index is 396. The Morgan fingerprint density at radius 2 is 1.94 bits per heavy atom. The minimum Gasteiger partial charge on any atom is -0.460 e. The SMILES string of the molecule is CC(C)OCCOC(=O)C=Cc1ccc(Cl)cc1. The van der Waals surface area contributed by atoms with E-state index in [1.54, 1.807) is 18.2 Å². The third-order valence-electron chi connectivity index (χ3n) is 2.06. The van der Waals surface area contributed by atoms with Crippen molar-refractivity contribution in [2.24, 2.45) is 0 Å². The molecular formula is C14H17ClO3. The Kier molecular flexibility index (Phi) is 6.47. The number of rotatable bonds is 6. The Morgan fingerprint density at radius 3 is 2.56 bits per heavy atom. The van der Waals surface area contributed by atoms with Crippen molar-refractivity contribution in [2.75, 3.05) is 13.2 Å². The monoisotopic (exact) mass is 268 g/mol. The lowest BCUT2D eigenvalue weighted by Gasteiger charge is -2.06. The largest absolute Gasteiger partial charge is 0.460 e. The van der Waals surface area contributed by atoms with Crippen molar-refractivity contribution in [1.29, 1.82) is 0 Å². The van der Waals surface area contributed by atoms with Crippen molar-refractivity contribution >= 4 is 23.6 Å². The van der Waals surface area contributed by atoms with Gasteiger partial charge in [0.05, 0.1) is 12.7 Å². The highest BCUT2D eigenvalue weighted by molar-refractivity contribution is 6.30. The maximum Gasteiger partial charge on any atom is 0.330 e. The molecule has 0 aliphatic heterocycles. The first-order valence-electron chi connectivity index (χ1n) is 5.80. The smallest absolute Gasteiger partial charge is 0.330 e. The molecule has 3 nitrogen and oxygen atoms in total. The van der Waals surface area contributed by atoms with Crippen LogP contribution in [0.15, 0.2) is 30.3 Å². The van der Waals surface area contributed by atoms with Crippen LogP contribution in [0.2, 0.25) is 5.02 Å². The molecule has 0 heterocycles. The average Bonchev–Trinajstić information content (AvgIpc) is 2.34. The van der Waals surface area contributed by atoms with Gasteiger partial charge in [-0.25, -0.2) is 4.79 Å². The van der Waals surface area contributed by atoms with Crippen molar-refractivity contribution in [3.05, 3.63) is 40.9 Å². The highest BCUT2D eigenvalue weighted by Gasteiger charge is 1.98. The van der Waals surface area contributed by atoms with Crippen molar-refractivity contribution in [1.82, 2.24) is 0 Å². The molecule has 0 radical (unpaired) electrons. The van der Waals surface area contributed by atoms with Gasteiger partial charge in [-0.15, -0.1) is 0 Å². The van der Waals surface area contributed by atoms with E-state index in [4.69, 9.17) is 21.1 Å². The summed E-state index contributed by atoms with van der Waals surface area (Å²) in [6, 6.07) is 7.19. The van der Waals surface area contributed by atoms with Gasteiger partial charge in [0.25, 0.3) is 0 Å². The highest BCUT2D eigenvalue weighted by atomic mass is 35.5. The lowest BCUT2D eigenvalue weighted by Crippen LogP contribution is -2.11. The van der Waals surface area contributed by atoms with Gasteiger partial charge in [0.1, 0.15) is 6.61 Å². The minimum absolute atomic E-state index is 0.147. The lowest BCUT2D eigenvalue weighted by molar-refractivity contribution is -0.139. The van der Waals surface area contributed by atoms with Crippen LogP contribution in [0.1, 0.15) is 19.4 Å². The van der Waals surface area contributed by atoms with Crippen LogP contribution in [0.4, 0.5) is 0 Å². The molecule has 1 aromatic rings. The third kappa shape index (κ3) is 6.42. The van der Waals surface area contributed by atoms with E-state index in [0.29, 0.717) is 11.6 Å². The Morgan fingerprint density at radius 1 is 1.28 bits per heavy atom. The van der Waals surface area contributed by atoms with E-state index in [-0.39, 0.29) is 18.7 Å². The van der Waals surface area contributed by atoms with E-state index in [1.807, 2.05) is 26.0 Å². The van der Waals surface area contributed by atoms with Gasteiger partial charge in [0, 0.05) is 11.1 Å². The summed E-state index contributed by atoms with van der Waals surface area (Å²) in [6.07, 6.45) is 3.22. The molecule has 1 aromatic carbocycles. The molecule has 0 N–H and O–H groups in total. The summed E-state index contributed by atoms with van der Waals surface area (Å²) in [5.74, 6) is -0.377. The van der Waals surface area contributed by atoms with E-state index < -0.39 is 0 Å². The van der Waals surface area contributed by atoms with Crippen molar-refractivity contribution in [3.8, 4) is 0 Å².